The summed E-state index contributed by atoms with van der Waals surface area (Å²) in [4.78, 5) is 16.3. The van der Waals surface area contributed by atoms with Gasteiger partial charge in [-0.2, -0.15) is 0 Å². The minimum Gasteiger partial charge on any atom is -0.506 e. The van der Waals surface area contributed by atoms with Gasteiger partial charge in [-0.1, -0.05) is 19.1 Å². The lowest BCUT2D eigenvalue weighted by Crippen LogP contribution is -2.49. The maximum atomic E-state index is 12.1. The fourth-order valence-electron chi connectivity index (χ4n) is 2.80. The Morgan fingerprint density at radius 2 is 1.84 bits per heavy atom. The van der Waals surface area contributed by atoms with Gasteiger partial charge in [-0.25, -0.2) is 0 Å². The Bertz CT molecular complexity index is 481. The minimum atomic E-state index is 0.275. The summed E-state index contributed by atoms with van der Waals surface area (Å²) in [5, 5.41) is 9.85. The number of hydrogen-bond acceptors (Lipinski definition) is 3. The van der Waals surface area contributed by atoms with Crippen molar-refractivity contribution in [3.05, 3.63) is 24.3 Å². The maximum Gasteiger partial charge on any atom is 0.226 e. The first-order chi connectivity index (χ1) is 9.16. The van der Waals surface area contributed by atoms with Gasteiger partial charge in [0.05, 0.1) is 5.69 Å². The molecule has 2 unspecified atom stereocenters. The van der Waals surface area contributed by atoms with E-state index in [0.717, 1.165) is 38.3 Å². The highest BCUT2D eigenvalue weighted by atomic mass is 16.3. The monoisotopic (exact) mass is 260 g/mol. The number of rotatable bonds is 2. The number of benzene rings is 1. The Hall–Kier alpha value is -1.71. The molecule has 2 aliphatic rings. The highest BCUT2D eigenvalue weighted by Crippen LogP contribution is 2.39. The van der Waals surface area contributed by atoms with E-state index in [-0.39, 0.29) is 5.92 Å². The summed E-state index contributed by atoms with van der Waals surface area (Å²) in [6.07, 6.45) is 1.05. The lowest BCUT2D eigenvalue weighted by molar-refractivity contribution is -0.133. The van der Waals surface area contributed by atoms with E-state index < -0.39 is 0 Å². The van der Waals surface area contributed by atoms with Crippen molar-refractivity contribution in [2.45, 2.75) is 13.3 Å². The van der Waals surface area contributed by atoms with Gasteiger partial charge < -0.3 is 14.9 Å². The highest BCUT2D eigenvalue weighted by molar-refractivity contribution is 5.82. The first kappa shape index (κ1) is 12.3. The first-order valence-electron chi connectivity index (χ1n) is 6.98. The number of carbonyl (C=O) groups is 1. The number of hydrogen-bond donors (Lipinski definition) is 1. The number of phenols is 1. The van der Waals surface area contributed by atoms with Crippen molar-refractivity contribution < 1.29 is 9.90 Å². The first-order valence-corrected chi connectivity index (χ1v) is 6.98. The van der Waals surface area contributed by atoms with E-state index in [1.807, 2.05) is 23.1 Å². The number of carbonyl (C=O) groups excluding carboxylic acids is 1. The van der Waals surface area contributed by atoms with Crippen LogP contribution in [0.25, 0.3) is 0 Å². The second-order valence-corrected chi connectivity index (χ2v) is 5.62. The van der Waals surface area contributed by atoms with Crippen LogP contribution in [-0.4, -0.2) is 42.1 Å². The van der Waals surface area contributed by atoms with E-state index in [9.17, 15) is 9.90 Å². The van der Waals surface area contributed by atoms with Crippen LogP contribution >= 0.6 is 0 Å². The van der Waals surface area contributed by atoms with E-state index >= 15 is 0 Å². The highest BCUT2D eigenvalue weighted by Gasteiger charge is 2.41. The van der Waals surface area contributed by atoms with Crippen LogP contribution in [0.3, 0.4) is 0 Å². The Labute approximate surface area is 113 Å². The third kappa shape index (κ3) is 2.39. The topological polar surface area (TPSA) is 43.8 Å². The number of para-hydroxylation sites is 2. The zero-order valence-electron chi connectivity index (χ0n) is 11.2. The summed E-state index contributed by atoms with van der Waals surface area (Å²) in [6.45, 7) is 5.25. The predicted octanol–water partition coefficient (Wildman–Crippen LogP) is 1.70. The predicted molar refractivity (Wildman–Crippen MR) is 74.2 cm³/mol. The molecule has 102 valence electrons. The number of phenolic OH excluding ortho intramolecular Hbond substituents is 1. The minimum absolute atomic E-state index is 0.275. The normalized spacial score (nSPS) is 26.4. The third-order valence-corrected chi connectivity index (χ3v) is 4.24. The quantitative estimate of drug-likeness (QED) is 0.880. The lowest BCUT2D eigenvalue weighted by Gasteiger charge is -2.36. The molecule has 0 radical (unpaired) electrons. The molecule has 1 N–H and O–H groups in total. The molecule has 4 nitrogen and oxygen atoms in total. The molecule has 1 saturated heterocycles. The number of piperazine rings is 1. The molecule has 0 spiro atoms. The molecule has 19 heavy (non-hydrogen) atoms. The van der Waals surface area contributed by atoms with Gasteiger partial charge in [0, 0.05) is 32.1 Å². The van der Waals surface area contributed by atoms with Crippen molar-refractivity contribution in [2.75, 3.05) is 31.1 Å². The summed E-state index contributed by atoms with van der Waals surface area (Å²) in [5.41, 5.74) is 0.870. The number of amides is 1. The van der Waals surface area contributed by atoms with Crippen LogP contribution in [0, 0.1) is 11.8 Å². The standard InChI is InChI=1S/C15H20N2O2/c1-11-10-12(11)15(19)17-8-6-16(7-9-17)13-4-2-3-5-14(13)18/h2-5,11-12,18H,6-10H2,1H3. The summed E-state index contributed by atoms with van der Waals surface area (Å²) in [5.74, 6) is 1.49. The molecule has 2 fully saturated rings. The van der Waals surface area contributed by atoms with Crippen molar-refractivity contribution >= 4 is 11.6 Å². The SMILES string of the molecule is CC1CC1C(=O)N1CCN(c2ccccc2O)CC1. The lowest BCUT2D eigenvalue weighted by atomic mass is 10.2. The number of anilines is 1. The van der Waals surface area contributed by atoms with Gasteiger partial charge in [0.25, 0.3) is 0 Å². The van der Waals surface area contributed by atoms with Gasteiger partial charge in [0.2, 0.25) is 5.91 Å². The van der Waals surface area contributed by atoms with E-state index in [1.165, 1.54) is 0 Å². The average molecular weight is 260 g/mol. The van der Waals surface area contributed by atoms with Crippen LogP contribution in [0.2, 0.25) is 0 Å². The molecule has 0 bridgehead atoms. The van der Waals surface area contributed by atoms with Crippen LogP contribution in [0.4, 0.5) is 5.69 Å². The van der Waals surface area contributed by atoms with Crippen LogP contribution in [0.15, 0.2) is 24.3 Å². The van der Waals surface area contributed by atoms with Gasteiger partial charge in [0.1, 0.15) is 5.75 Å². The van der Waals surface area contributed by atoms with Crippen LogP contribution in [-0.2, 0) is 4.79 Å². The number of nitrogens with zero attached hydrogens (tertiary/aromatic N) is 2. The largest absolute Gasteiger partial charge is 0.506 e. The maximum absolute atomic E-state index is 12.1. The molecule has 1 aliphatic heterocycles. The molecule has 0 aromatic heterocycles. The smallest absolute Gasteiger partial charge is 0.226 e. The molecule has 1 aromatic carbocycles. The van der Waals surface area contributed by atoms with Gasteiger partial charge in [-0.15, -0.1) is 0 Å². The fourth-order valence-corrected chi connectivity index (χ4v) is 2.80. The Morgan fingerprint density at radius 1 is 1.21 bits per heavy atom. The molecule has 1 aromatic rings. The van der Waals surface area contributed by atoms with Gasteiger partial charge >= 0.3 is 0 Å². The average Bonchev–Trinajstić information content (AvgIpc) is 3.16. The van der Waals surface area contributed by atoms with E-state index in [2.05, 4.69) is 11.8 Å². The van der Waals surface area contributed by atoms with Gasteiger partial charge in [-0.05, 0) is 24.5 Å². The molecule has 1 aliphatic carbocycles. The second kappa shape index (κ2) is 4.76. The van der Waals surface area contributed by atoms with Gasteiger partial charge in [0.15, 0.2) is 0 Å². The molecule has 2 atom stereocenters. The third-order valence-electron chi connectivity index (χ3n) is 4.24. The van der Waals surface area contributed by atoms with Crippen LogP contribution in [0.1, 0.15) is 13.3 Å². The summed E-state index contributed by atoms with van der Waals surface area (Å²) in [6, 6.07) is 7.39. The van der Waals surface area contributed by atoms with E-state index in [1.54, 1.807) is 6.07 Å². The molecular weight excluding hydrogens is 240 g/mol. The molecule has 3 rings (SSSR count). The van der Waals surface area contributed by atoms with E-state index in [4.69, 9.17) is 0 Å². The van der Waals surface area contributed by atoms with Gasteiger partial charge in [-0.3, -0.25) is 4.79 Å². The van der Waals surface area contributed by atoms with Crippen molar-refractivity contribution in [3.63, 3.8) is 0 Å². The summed E-state index contributed by atoms with van der Waals surface area (Å²) in [7, 11) is 0. The summed E-state index contributed by atoms with van der Waals surface area (Å²) >= 11 is 0. The zero-order valence-corrected chi connectivity index (χ0v) is 11.2. The van der Waals surface area contributed by atoms with Crippen molar-refractivity contribution in [2.24, 2.45) is 11.8 Å². The fraction of sp³-hybridized carbons (Fsp3) is 0.533. The molecule has 4 heteroatoms. The summed E-state index contributed by atoms with van der Waals surface area (Å²) < 4.78 is 0. The van der Waals surface area contributed by atoms with Crippen molar-refractivity contribution in [1.29, 1.82) is 0 Å². The Kier molecular flexibility index (Phi) is 3.09. The van der Waals surface area contributed by atoms with Crippen molar-refractivity contribution in [3.8, 4) is 5.75 Å². The Balaban J connectivity index is 1.60. The Morgan fingerprint density at radius 3 is 2.42 bits per heavy atom. The van der Waals surface area contributed by atoms with Crippen LogP contribution in [0.5, 0.6) is 5.75 Å². The molecular formula is C15H20N2O2. The molecule has 1 heterocycles. The van der Waals surface area contributed by atoms with Crippen LogP contribution < -0.4 is 4.90 Å². The number of aromatic hydroxyl groups is 1. The second-order valence-electron chi connectivity index (χ2n) is 5.62. The molecule has 1 saturated carbocycles. The molecule has 1 amide bonds. The zero-order chi connectivity index (χ0) is 13.4. The van der Waals surface area contributed by atoms with Crippen molar-refractivity contribution in [1.82, 2.24) is 4.90 Å². The van der Waals surface area contributed by atoms with E-state index in [0.29, 0.717) is 17.6 Å².